The van der Waals surface area contributed by atoms with Crippen molar-refractivity contribution in [2.45, 2.75) is 6.61 Å². The number of nitro groups is 1. The SMILES string of the molecule is COc1ccc([N+](=O)[O-])c(C(=O)O)c1.c1cc2ccc1CO2. The van der Waals surface area contributed by atoms with Crippen LogP contribution < -0.4 is 9.47 Å². The molecule has 0 aromatic heterocycles. The van der Waals surface area contributed by atoms with Gasteiger partial charge in [-0.05, 0) is 23.8 Å². The third-order valence-electron chi connectivity index (χ3n) is 2.96. The second-order valence-electron chi connectivity index (χ2n) is 4.38. The summed E-state index contributed by atoms with van der Waals surface area (Å²) < 4.78 is 9.94. The Morgan fingerprint density at radius 3 is 2.27 bits per heavy atom. The summed E-state index contributed by atoms with van der Waals surface area (Å²) in [5, 5.41) is 19.1. The summed E-state index contributed by atoms with van der Waals surface area (Å²) >= 11 is 0. The van der Waals surface area contributed by atoms with Crippen LogP contribution in [0.3, 0.4) is 0 Å². The van der Waals surface area contributed by atoms with Crippen LogP contribution in [0.15, 0.2) is 42.5 Å². The van der Waals surface area contributed by atoms with Crippen molar-refractivity contribution >= 4 is 11.7 Å². The van der Waals surface area contributed by atoms with Crippen LogP contribution in [0.2, 0.25) is 0 Å². The summed E-state index contributed by atoms with van der Waals surface area (Å²) in [4.78, 5) is 20.3. The first-order valence-electron chi connectivity index (χ1n) is 6.28. The van der Waals surface area contributed by atoms with Gasteiger partial charge in [-0.3, -0.25) is 10.1 Å². The number of aromatic carboxylic acids is 1. The van der Waals surface area contributed by atoms with Gasteiger partial charge in [-0.15, -0.1) is 0 Å². The lowest BCUT2D eigenvalue weighted by atomic mass is 10.2. The van der Waals surface area contributed by atoms with E-state index in [-0.39, 0.29) is 11.3 Å². The number of nitrogens with zero attached hydrogens (tertiary/aromatic N) is 1. The lowest BCUT2D eigenvalue weighted by Gasteiger charge is -2.11. The van der Waals surface area contributed by atoms with Crippen molar-refractivity contribution in [3.63, 3.8) is 0 Å². The van der Waals surface area contributed by atoms with E-state index in [2.05, 4.69) is 12.1 Å². The first kappa shape index (κ1) is 15.3. The Balaban J connectivity index is 0.000000183. The molecule has 2 aliphatic rings. The predicted molar refractivity (Wildman–Crippen MR) is 77.4 cm³/mol. The topological polar surface area (TPSA) is 98.9 Å². The summed E-state index contributed by atoms with van der Waals surface area (Å²) in [6.07, 6.45) is 0. The maximum Gasteiger partial charge on any atom is 0.342 e. The number of rotatable bonds is 3. The van der Waals surface area contributed by atoms with Crippen LogP contribution in [0.4, 0.5) is 5.69 Å². The number of benzene rings is 2. The quantitative estimate of drug-likeness (QED) is 0.691. The van der Waals surface area contributed by atoms with Crippen molar-refractivity contribution in [3.05, 3.63) is 63.7 Å². The maximum atomic E-state index is 10.6. The van der Waals surface area contributed by atoms with Crippen LogP contribution in [0, 0.1) is 10.1 Å². The van der Waals surface area contributed by atoms with Gasteiger partial charge < -0.3 is 14.6 Å². The Hall–Kier alpha value is -3.09. The molecule has 0 fully saturated rings. The summed E-state index contributed by atoms with van der Waals surface area (Å²) in [5.41, 5.74) is 0.438. The van der Waals surface area contributed by atoms with Crippen LogP contribution in [0.1, 0.15) is 15.9 Å². The van der Waals surface area contributed by atoms with E-state index in [1.54, 1.807) is 0 Å². The molecule has 2 aromatic carbocycles. The molecule has 114 valence electrons. The largest absolute Gasteiger partial charge is 0.497 e. The minimum absolute atomic E-state index is 0.271. The van der Waals surface area contributed by atoms with Crippen molar-refractivity contribution in [2.24, 2.45) is 0 Å². The molecule has 1 N–H and O–H groups in total. The fourth-order valence-electron chi connectivity index (χ4n) is 1.82. The Labute approximate surface area is 125 Å². The molecule has 7 heteroatoms. The van der Waals surface area contributed by atoms with E-state index in [0.717, 1.165) is 24.5 Å². The molecule has 7 nitrogen and oxygen atoms in total. The molecule has 0 atom stereocenters. The van der Waals surface area contributed by atoms with Crippen LogP contribution in [-0.4, -0.2) is 23.1 Å². The van der Waals surface area contributed by atoms with Gasteiger partial charge in [0, 0.05) is 12.1 Å². The molecule has 2 aliphatic heterocycles. The highest BCUT2D eigenvalue weighted by Crippen LogP contribution is 2.23. The monoisotopic (exact) mass is 303 g/mol. The summed E-state index contributed by atoms with van der Waals surface area (Å²) in [6, 6.07) is 11.7. The first-order chi connectivity index (χ1) is 10.5. The van der Waals surface area contributed by atoms with Gasteiger partial charge in [0.2, 0.25) is 0 Å². The zero-order valence-electron chi connectivity index (χ0n) is 11.7. The normalized spacial score (nSPS) is 11.0. The van der Waals surface area contributed by atoms with Crippen molar-refractivity contribution in [1.82, 2.24) is 0 Å². The number of carbonyl (C=O) groups is 1. The number of hydrogen-bond donors (Lipinski definition) is 1. The summed E-state index contributed by atoms with van der Waals surface area (Å²) in [7, 11) is 1.35. The first-order valence-corrected chi connectivity index (χ1v) is 6.28. The number of nitro benzene ring substituents is 1. The molecule has 0 spiro atoms. The third kappa shape index (κ3) is 3.51. The fraction of sp³-hybridized carbons (Fsp3) is 0.133. The Kier molecular flexibility index (Phi) is 4.57. The molecule has 2 bridgehead atoms. The lowest BCUT2D eigenvalue weighted by molar-refractivity contribution is -0.385. The average molecular weight is 303 g/mol. The molecule has 4 rings (SSSR count). The molecule has 0 unspecified atom stereocenters. The Bertz CT molecular complexity index is 673. The number of ether oxygens (including phenoxy) is 2. The molecule has 0 saturated heterocycles. The molecular formula is C15H13NO6. The molecule has 22 heavy (non-hydrogen) atoms. The van der Waals surface area contributed by atoms with Crippen molar-refractivity contribution in [1.29, 1.82) is 0 Å². The Morgan fingerprint density at radius 1 is 1.27 bits per heavy atom. The minimum atomic E-state index is -1.35. The molecule has 0 radical (unpaired) electrons. The highest BCUT2D eigenvalue weighted by molar-refractivity contribution is 5.92. The molecule has 0 saturated carbocycles. The molecule has 0 amide bonds. The molecule has 0 aliphatic carbocycles. The van der Waals surface area contributed by atoms with Crippen molar-refractivity contribution < 1.29 is 24.3 Å². The van der Waals surface area contributed by atoms with E-state index in [4.69, 9.17) is 14.6 Å². The number of fused-ring (bicyclic) bond motifs is 3. The Morgan fingerprint density at radius 2 is 1.95 bits per heavy atom. The number of carboxylic acid groups (broad SMARTS) is 1. The molecule has 2 aromatic rings. The fourth-order valence-corrected chi connectivity index (χ4v) is 1.82. The van der Waals surface area contributed by atoms with Crippen molar-refractivity contribution in [2.75, 3.05) is 7.11 Å². The maximum absolute atomic E-state index is 10.6. The average Bonchev–Trinajstić information content (AvgIpc) is 2.56. The standard InChI is InChI=1S/C8H7NO5.C7H6O/c1-14-5-2-3-7(9(12)13)6(4-5)8(10)11;1-3-7-4-2-6(1)5-8-7/h2-4H,1H3,(H,10,11);1-4H,5H2. The molecular weight excluding hydrogens is 290 g/mol. The summed E-state index contributed by atoms with van der Waals surface area (Å²) in [6.45, 7) is 0.766. The van der Waals surface area contributed by atoms with Gasteiger partial charge in [0.15, 0.2) is 0 Å². The van der Waals surface area contributed by atoms with Crippen LogP contribution in [0.25, 0.3) is 0 Å². The smallest absolute Gasteiger partial charge is 0.342 e. The number of carboxylic acids is 1. The van der Waals surface area contributed by atoms with Gasteiger partial charge in [0.05, 0.1) is 12.0 Å². The highest BCUT2D eigenvalue weighted by atomic mass is 16.6. The second-order valence-corrected chi connectivity index (χ2v) is 4.38. The van der Waals surface area contributed by atoms with Crippen LogP contribution in [-0.2, 0) is 6.61 Å². The van der Waals surface area contributed by atoms with Gasteiger partial charge in [-0.25, -0.2) is 4.79 Å². The summed E-state index contributed by atoms with van der Waals surface area (Å²) in [5.74, 6) is -0.0939. The van der Waals surface area contributed by atoms with Crippen LogP contribution in [0.5, 0.6) is 11.5 Å². The van der Waals surface area contributed by atoms with E-state index in [1.807, 2.05) is 12.1 Å². The third-order valence-corrected chi connectivity index (χ3v) is 2.96. The van der Waals surface area contributed by atoms with E-state index < -0.39 is 16.6 Å². The van der Waals surface area contributed by atoms with Crippen molar-refractivity contribution in [3.8, 4) is 11.5 Å². The van der Waals surface area contributed by atoms with E-state index in [0.29, 0.717) is 0 Å². The predicted octanol–water partition coefficient (Wildman–Crippen LogP) is 2.88. The van der Waals surface area contributed by atoms with Crippen LogP contribution >= 0.6 is 0 Å². The van der Waals surface area contributed by atoms with Gasteiger partial charge >= 0.3 is 5.97 Å². The second kappa shape index (κ2) is 6.57. The highest BCUT2D eigenvalue weighted by Gasteiger charge is 2.19. The van der Waals surface area contributed by atoms with Gasteiger partial charge in [0.1, 0.15) is 23.7 Å². The van der Waals surface area contributed by atoms with Gasteiger partial charge in [-0.2, -0.15) is 0 Å². The lowest BCUT2D eigenvalue weighted by Crippen LogP contribution is -2.02. The zero-order chi connectivity index (χ0) is 16.1. The van der Waals surface area contributed by atoms with E-state index in [1.165, 1.54) is 18.7 Å². The zero-order valence-corrected chi connectivity index (χ0v) is 11.7. The molecule has 2 heterocycles. The van der Waals surface area contributed by atoms with E-state index in [9.17, 15) is 14.9 Å². The number of hydrogen-bond acceptors (Lipinski definition) is 5. The van der Waals surface area contributed by atoms with Gasteiger partial charge in [-0.1, -0.05) is 12.1 Å². The van der Waals surface area contributed by atoms with Gasteiger partial charge in [0.25, 0.3) is 5.69 Å². The van der Waals surface area contributed by atoms with E-state index >= 15 is 0 Å². The number of methoxy groups -OCH3 is 1. The minimum Gasteiger partial charge on any atom is -0.497 e.